The van der Waals surface area contributed by atoms with Crippen molar-refractivity contribution in [3.8, 4) is 5.75 Å². The first kappa shape index (κ1) is 22.6. The summed E-state index contributed by atoms with van der Waals surface area (Å²) in [6, 6.07) is 10.6. The van der Waals surface area contributed by atoms with Crippen LogP contribution in [0.3, 0.4) is 0 Å². The zero-order valence-electron chi connectivity index (χ0n) is 16.6. The second-order valence-electron chi connectivity index (χ2n) is 6.85. The number of hydrogen-bond donors (Lipinski definition) is 0. The number of thioether (sulfide) groups is 1. The average molecular weight is 468 g/mol. The van der Waals surface area contributed by atoms with Gasteiger partial charge in [0.05, 0.1) is 10.8 Å². The molecule has 158 valence electrons. The molecule has 0 aliphatic heterocycles. The molecule has 0 bridgehead atoms. The molecule has 30 heavy (non-hydrogen) atoms. The minimum Gasteiger partial charge on any atom is -0.483 e. The van der Waals surface area contributed by atoms with Crippen molar-refractivity contribution >= 4 is 40.7 Å². The number of ketones is 1. The predicted molar refractivity (Wildman–Crippen MR) is 117 cm³/mol. The molecule has 0 radical (unpaired) electrons. The molecular formula is C21H20Cl2FN3O2S. The van der Waals surface area contributed by atoms with Gasteiger partial charge in [-0.15, -0.1) is 10.2 Å². The second-order valence-corrected chi connectivity index (χ2v) is 8.64. The van der Waals surface area contributed by atoms with E-state index >= 15 is 0 Å². The molecule has 1 heterocycles. The van der Waals surface area contributed by atoms with Crippen LogP contribution in [0, 0.1) is 5.82 Å². The Balaban J connectivity index is 1.75. The van der Waals surface area contributed by atoms with Gasteiger partial charge in [-0.05, 0) is 63.2 Å². The Morgan fingerprint density at radius 2 is 1.83 bits per heavy atom. The fourth-order valence-electron chi connectivity index (χ4n) is 2.84. The Morgan fingerprint density at radius 1 is 1.13 bits per heavy atom. The van der Waals surface area contributed by atoms with Crippen LogP contribution in [0.4, 0.5) is 4.39 Å². The molecule has 5 nitrogen and oxygen atoms in total. The Kier molecular flexibility index (Phi) is 7.39. The van der Waals surface area contributed by atoms with E-state index in [-0.39, 0.29) is 23.4 Å². The molecule has 3 rings (SSSR count). The fourth-order valence-corrected chi connectivity index (χ4v) is 4.31. The monoisotopic (exact) mass is 467 g/mol. The van der Waals surface area contributed by atoms with E-state index in [0.29, 0.717) is 32.3 Å². The van der Waals surface area contributed by atoms with Crippen LogP contribution in [0.1, 0.15) is 49.1 Å². The van der Waals surface area contributed by atoms with Crippen molar-refractivity contribution in [2.24, 2.45) is 0 Å². The van der Waals surface area contributed by atoms with Crippen molar-refractivity contribution in [1.82, 2.24) is 14.8 Å². The number of aromatic nitrogens is 3. The number of carbonyl (C=O) groups is 1. The van der Waals surface area contributed by atoms with Gasteiger partial charge >= 0.3 is 0 Å². The summed E-state index contributed by atoms with van der Waals surface area (Å²) in [5.74, 6) is 0.846. The molecular weight excluding hydrogens is 448 g/mol. The molecule has 0 N–H and O–H groups in total. The topological polar surface area (TPSA) is 57.0 Å². The minimum atomic E-state index is -0.416. The van der Waals surface area contributed by atoms with E-state index in [4.69, 9.17) is 27.9 Å². The van der Waals surface area contributed by atoms with Gasteiger partial charge in [0.15, 0.2) is 22.9 Å². The molecule has 0 fully saturated rings. The van der Waals surface area contributed by atoms with E-state index in [9.17, 15) is 9.18 Å². The van der Waals surface area contributed by atoms with Gasteiger partial charge in [-0.3, -0.25) is 4.79 Å². The number of rotatable bonds is 8. The van der Waals surface area contributed by atoms with Crippen molar-refractivity contribution in [3.63, 3.8) is 0 Å². The summed E-state index contributed by atoms with van der Waals surface area (Å²) in [6.07, 6.45) is -0.416. The standard InChI is InChI=1S/C21H20Cl2FN3O2S/c1-12(2)27-20(13(3)29-16-7-5-15(24)6-8-16)25-26-21(27)30-11-19(28)17-9-4-14(22)10-18(17)23/h4-10,12-13H,11H2,1-3H3. The van der Waals surface area contributed by atoms with Gasteiger partial charge in [0.2, 0.25) is 0 Å². The lowest BCUT2D eigenvalue weighted by molar-refractivity contribution is 0.102. The van der Waals surface area contributed by atoms with E-state index in [1.807, 2.05) is 25.3 Å². The number of hydrogen-bond acceptors (Lipinski definition) is 5. The first-order valence-corrected chi connectivity index (χ1v) is 11.0. The highest BCUT2D eigenvalue weighted by Crippen LogP contribution is 2.29. The summed E-state index contributed by atoms with van der Waals surface area (Å²) in [4.78, 5) is 12.6. The summed E-state index contributed by atoms with van der Waals surface area (Å²) in [6.45, 7) is 5.85. The van der Waals surface area contributed by atoms with Crippen LogP contribution >= 0.6 is 35.0 Å². The number of ether oxygens (including phenoxy) is 1. The lowest BCUT2D eigenvalue weighted by Crippen LogP contribution is -2.14. The Hall–Kier alpha value is -2.09. The second kappa shape index (κ2) is 9.81. The molecule has 1 aromatic heterocycles. The van der Waals surface area contributed by atoms with Gasteiger partial charge in [-0.2, -0.15) is 0 Å². The molecule has 1 unspecified atom stereocenters. The van der Waals surface area contributed by atoms with Crippen molar-refractivity contribution in [2.45, 2.75) is 38.1 Å². The lowest BCUT2D eigenvalue weighted by atomic mass is 10.1. The lowest BCUT2D eigenvalue weighted by Gasteiger charge is -2.18. The Bertz CT molecular complexity index is 1040. The van der Waals surface area contributed by atoms with Crippen molar-refractivity contribution < 1.29 is 13.9 Å². The van der Waals surface area contributed by atoms with Crippen molar-refractivity contribution in [2.75, 3.05) is 5.75 Å². The summed E-state index contributed by atoms with van der Waals surface area (Å²) in [5, 5.41) is 9.92. The van der Waals surface area contributed by atoms with Crippen LogP contribution in [-0.2, 0) is 0 Å². The smallest absolute Gasteiger partial charge is 0.192 e. The zero-order chi connectivity index (χ0) is 21.8. The van der Waals surface area contributed by atoms with E-state index < -0.39 is 6.10 Å². The quantitative estimate of drug-likeness (QED) is 0.282. The van der Waals surface area contributed by atoms with Gasteiger partial charge in [0.1, 0.15) is 11.6 Å². The number of carbonyl (C=O) groups excluding carboxylic acids is 1. The molecule has 3 aromatic rings. The van der Waals surface area contributed by atoms with Gasteiger partial charge in [0.25, 0.3) is 0 Å². The molecule has 0 spiro atoms. The van der Waals surface area contributed by atoms with E-state index in [2.05, 4.69) is 10.2 Å². The van der Waals surface area contributed by atoms with Crippen LogP contribution in [0.15, 0.2) is 47.6 Å². The third-order valence-corrected chi connectivity index (χ3v) is 5.75. The molecule has 0 amide bonds. The average Bonchev–Trinajstić information content (AvgIpc) is 3.12. The van der Waals surface area contributed by atoms with Gasteiger partial charge < -0.3 is 9.30 Å². The zero-order valence-corrected chi connectivity index (χ0v) is 18.9. The highest BCUT2D eigenvalue weighted by atomic mass is 35.5. The largest absolute Gasteiger partial charge is 0.483 e. The van der Waals surface area contributed by atoms with Gasteiger partial charge in [-0.1, -0.05) is 35.0 Å². The predicted octanol–water partition coefficient (Wildman–Crippen LogP) is 6.42. The van der Waals surface area contributed by atoms with Crippen LogP contribution in [0.5, 0.6) is 5.75 Å². The first-order valence-electron chi connectivity index (χ1n) is 9.24. The van der Waals surface area contributed by atoms with Gasteiger partial charge in [0, 0.05) is 16.6 Å². The maximum Gasteiger partial charge on any atom is 0.192 e. The highest BCUT2D eigenvalue weighted by molar-refractivity contribution is 7.99. The highest BCUT2D eigenvalue weighted by Gasteiger charge is 2.22. The molecule has 9 heteroatoms. The summed E-state index contributed by atoms with van der Waals surface area (Å²) in [5.41, 5.74) is 0.414. The first-order chi connectivity index (χ1) is 14.3. The van der Waals surface area contributed by atoms with Crippen LogP contribution in [0.25, 0.3) is 0 Å². The maximum atomic E-state index is 13.1. The SMILES string of the molecule is CC(Oc1ccc(F)cc1)c1nnc(SCC(=O)c2ccc(Cl)cc2Cl)n1C(C)C. The summed E-state index contributed by atoms with van der Waals surface area (Å²) >= 11 is 13.3. The Morgan fingerprint density at radius 3 is 2.47 bits per heavy atom. The third kappa shape index (κ3) is 5.33. The van der Waals surface area contributed by atoms with Crippen molar-refractivity contribution in [1.29, 1.82) is 0 Å². The molecule has 0 aliphatic carbocycles. The molecule has 1 atom stereocenters. The fraction of sp³-hybridized carbons (Fsp3) is 0.286. The van der Waals surface area contributed by atoms with E-state index in [1.165, 1.54) is 23.9 Å². The van der Waals surface area contributed by atoms with Crippen LogP contribution < -0.4 is 4.74 Å². The number of benzene rings is 2. The van der Waals surface area contributed by atoms with Crippen LogP contribution in [-0.4, -0.2) is 26.3 Å². The minimum absolute atomic E-state index is 0.0472. The third-order valence-electron chi connectivity index (χ3n) is 4.26. The number of halogens is 3. The van der Waals surface area contributed by atoms with E-state index in [1.54, 1.807) is 30.3 Å². The molecule has 2 aromatic carbocycles. The Labute approximate surface area is 188 Å². The molecule has 0 saturated heterocycles. The maximum absolute atomic E-state index is 13.1. The van der Waals surface area contributed by atoms with Gasteiger partial charge in [-0.25, -0.2) is 4.39 Å². The van der Waals surface area contributed by atoms with Crippen molar-refractivity contribution in [3.05, 3.63) is 69.7 Å². The van der Waals surface area contributed by atoms with E-state index in [0.717, 1.165) is 0 Å². The number of nitrogens with zero attached hydrogens (tertiary/aromatic N) is 3. The summed E-state index contributed by atoms with van der Waals surface area (Å²) in [7, 11) is 0. The van der Waals surface area contributed by atoms with Crippen LogP contribution in [0.2, 0.25) is 10.0 Å². The number of Topliss-reactive ketones (excluding diaryl/α,β-unsaturated/α-hetero) is 1. The molecule has 0 aliphatic rings. The summed E-state index contributed by atoms with van der Waals surface area (Å²) < 4.78 is 20.9. The normalized spacial score (nSPS) is 12.2. The molecule has 0 saturated carbocycles.